The van der Waals surface area contributed by atoms with E-state index in [2.05, 4.69) is 37.6 Å². The number of rotatable bonds is 3. The van der Waals surface area contributed by atoms with Gasteiger partial charge in [-0.2, -0.15) is 0 Å². The molecule has 2 aliphatic rings. The van der Waals surface area contributed by atoms with Crippen LogP contribution in [0.4, 0.5) is 0 Å². The predicted octanol–water partition coefficient (Wildman–Crippen LogP) is 1.90. The van der Waals surface area contributed by atoms with Crippen molar-refractivity contribution in [3.8, 4) is 0 Å². The number of nitrogens with zero attached hydrogens (tertiary/aromatic N) is 2. The molecule has 4 nitrogen and oxygen atoms in total. The largest absolute Gasteiger partial charge is 0.481 e. The van der Waals surface area contributed by atoms with E-state index in [1.54, 1.807) is 0 Å². The van der Waals surface area contributed by atoms with Gasteiger partial charge in [0.25, 0.3) is 0 Å². The van der Waals surface area contributed by atoms with Gasteiger partial charge in [-0.05, 0) is 31.2 Å². The lowest BCUT2D eigenvalue weighted by Crippen LogP contribution is -2.58. The Hall–Kier alpha value is -0.610. The molecule has 1 aliphatic carbocycles. The molecule has 110 valence electrons. The molecule has 2 fully saturated rings. The summed E-state index contributed by atoms with van der Waals surface area (Å²) in [6, 6.07) is 0. The molecular formula is C15H28N2O2. The Kier molecular flexibility index (Phi) is 3.94. The molecule has 0 aromatic carbocycles. The molecule has 1 saturated carbocycles. The van der Waals surface area contributed by atoms with Gasteiger partial charge in [-0.25, -0.2) is 0 Å². The van der Waals surface area contributed by atoms with Crippen LogP contribution >= 0.6 is 0 Å². The van der Waals surface area contributed by atoms with Crippen molar-refractivity contribution in [2.75, 3.05) is 33.2 Å². The van der Waals surface area contributed by atoms with Crippen LogP contribution in [-0.2, 0) is 4.79 Å². The summed E-state index contributed by atoms with van der Waals surface area (Å²) >= 11 is 0. The summed E-state index contributed by atoms with van der Waals surface area (Å²) in [4.78, 5) is 16.2. The first-order chi connectivity index (χ1) is 8.75. The maximum atomic E-state index is 11.4. The number of aliphatic carboxylic acids is 1. The summed E-state index contributed by atoms with van der Waals surface area (Å²) in [5.74, 6) is -0.189. The van der Waals surface area contributed by atoms with E-state index in [0.717, 1.165) is 39.0 Å². The molecule has 0 bridgehead atoms. The van der Waals surface area contributed by atoms with E-state index in [-0.39, 0.29) is 11.0 Å². The fraction of sp³-hybridized carbons (Fsp3) is 0.933. The van der Waals surface area contributed by atoms with E-state index in [0.29, 0.717) is 12.3 Å². The minimum atomic E-state index is -0.650. The maximum Gasteiger partial charge on any atom is 0.305 e. The predicted molar refractivity (Wildman–Crippen MR) is 76.2 cm³/mol. The topological polar surface area (TPSA) is 43.8 Å². The van der Waals surface area contributed by atoms with Crippen molar-refractivity contribution < 1.29 is 9.90 Å². The van der Waals surface area contributed by atoms with Crippen LogP contribution in [0.2, 0.25) is 0 Å². The Morgan fingerprint density at radius 1 is 1.26 bits per heavy atom. The van der Waals surface area contributed by atoms with Gasteiger partial charge in [0.05, 0.1) is 6.42 Å². The average molecular weight is 268 g/mol. The molecule has 1 N–H and O–H groups in total. The number of carboxylic acids is 1. The van der Waals surface area contributed by atoms with Crippen molar-refractivity contribution in [2.45, 2.75) is 45.6 Å². The zero-order valence-corrected chi connectivity index (χ0v) is 12.8. The van der Waals surface area contributed by atoms with Crippen molar-refractivity contribution in [1.29, 1.82) is 0 Å². The lowest BCUT2D eigenvalue weighted by atomic mass is 9.81. The molecule has 2 atom stereocenters. The van der Waals surface area contributed by atoms with Crippen LogP contribution in [0.25, 0.3) is 0 Å². The number of carboxylic acid groups (broad SMARTS) is 1. The summed E-state index contributed by atoms with van der Waals surface area (Å²) in [6.45, 7) is 10.9. The molecule has 1 aliphatic heterocycles. The van der Waals surface area contributed by atoms with Gasteiger partial charge in [0.1, 0.15) is 0 Å². The van der Waals surface area contributed by atoms with Crippen LogP contribution in [-0.4, -0.2) is 59.6 Å². The Labute approximate surface area is 116 Å². The first-order valence-corrected chi connectivity index (χ1v) is 7.41. The van der Waals surface area contributed by atoms with E-state index in [4.69, 9.17) is 0 Å². The number of likely N-dealkylation sites (N-methyl/N-ethyl adjacent to an activating group) is 1. The molecule has 0 radical (unpaired) electrons. The highest BCUT2D eigenvalue weighted by molar-refractivity contribution is 5.68. The molecule has 4 heteroatoms. The first-order valence-electron chi connectivity index (χ1n) is 7.41. The van der Waals surface area contributed by atoms with Crippen molar-refractivity contribution in [3.05, 3.63) is 0 Å². The summed E-state index contributed by atoms with van der Waals surface area (Å²) in [5, 5.41) is 9.37. The van der Waals surface area contributed by atoms with Crippen molar-refractivity contribution >= 4 is 5.97 Å². The highest BCUT2D eigenvalue weighted by atomic mass is 16.4. The molecule has 1 saturated heterocycles. The fourth-order valence-electron chi connectivity index (χ4n) is 4.38. The van der Waals surface area contributed by atoms with Gasteiger partial charge >= 0.3 is 5.97 Å². The van der Waals surface area contributed by atoms with Crippen molar-refractivity contribution in [1.82, 2.24) is 9.80 Å². The SMILES string of the molecule is CC1CC(C)(C)CC1(CC(=O)O)N1CCN(C)CC1. The quantitative estimate of drug-likeness (QED) is 0.849. The number of hydrogen-bond acceptors (Lipinski definition) is 3. The Morgan fingerprint density at radius 2 is 1.84 bits per heavy atom. The van der Waals surface area contributed by atoms with Crippen molar-refractivity contribution in [3.63, 3.8) is 0 Å². The van der Waals surface area contributed by atoms with E-state index in [1.807, 2.05) is 0 Å². The van der Waals surface area contributed by atoms with E-state index in [1.165, 1.54) is 0 Å². The van der Waals surface area contributed by atoms with Gasteiger partial charge in [-0.3, -0.25) is 9.69 Å². The lowest BCUT2D eigenvalue weighted by molar-refractivity contribution is -0.142. The van der Waals surface area contributed by atoms with Crippen LogP contribution in [0.1, 0.15) is 40.0 Å². The third-order valence-electron chi connectivity index (χ3n) is 5.15. The second-order valence-electron chi connectivity index (χ2n) is 7.41. The zero-order chi connectivity index (χ0) is 14.3. The Morgan fingerprint density at radius 3 is 2.26 bits per heavy atom. The third-order valence-corrected chi connectivity index (χ3v) is 5.15. The standard InChI is InChI=1S/C15H28N2O2/c1-12-9-14(2,3)11-15(12,10-13(18)19)17-7-5-16(4)6-8-17/h12H,5-11H2,1-4H3,(H,18,19). The molecule has 0 spiro atoms. The fourth-order valence-corrected chi connectivity index (χ4v) is 4.38. The summed E-state index contributed by atoms with van der Waals surface area (Å²) in [5.41, 5.74) is 0.134. The second-order valence-corrected chi connectivity index (χ2v) is 7.41. The van der Waals surface area contributed by atoms with Crippen LogP contribution < -0.4 is 0 Å². The van der Waals surface area contributed by atoms with Gasteiger partial charge in [0.15, 0.2) is 0 Å². The first kappa shape index (κ1) is 14.8. The molecular weight excluding hydrogens is 240 g/mol. The van der Waals surface area contributed by atoms with Gasteiger partial charge in [0.2, 0.25) is 0 Å². The Bertz CT molecular complexity index is 348. The molecule has 19 heavy (non-hydrogen) atoms. The monoisotopic (exact) mass is 268 g/mol. The van der Waals surface area contributed by atoms with Gasteiger partial charge in [0, 0.05) is 31.7 Å². The minimum Gasteiger partial charge on any atom is -0.481 e. The second kappa shape index (κ2) is 5.06. The zero-order valence-electron chi connectivity index (χ0n) is 12.8. The molecule has 1 heterocycles. The normalized spacial score (nSPS) is 36.5. The summed E-state index contributed by atoms with van der Waals surface area (Å²) < 4.78 is 0. The highest BCUT2D eigenvalue weighted by Crippen LogP contribution is 2.52. The van der Waals surface area contributed by atoms with Gasteiger partial charge in [-0.15, -0.1) is 0 Å². The minimum absolute atomic E-state index is 0.128. The van der Waals surface area contributed by atoms with Crippen LogP contribution in [0.5, 0.6) is 0 Å². The van der Waals surface area contributed by atoms with Crippen LogP contribution in [0.3, 0.4) is 0 Å². The van der Waals surface area contributed by atoms with Crippen molar-refractivity contribution in [2.24, 2.45) is 11.3 Å². The number of piperazine rings is 1. The summed E-state index contributed by atoms with van der Waals surface area (Å²) in [7, 11) is 2.14. The summed E-state index contributed by atoms with van der Waals surface area (Å²) in [6.07, 6.45) is 2.44. The van der Waals surface area contributed by atoms with E-state index in [9.17, 15) is 9.90 Å². The van der Waals surface area contributed by atoms with Gasteiger partial charge < -0.3 is 10.0 Å². The van der Waals surface area contributed by atoms with Crippen LogP contribution in [0.15, 0.2) is 0 Å². The average Bonchev–Trinajstić information content (AvgIpc) is 2.49. The number of hydrogen-bond donors (Lipinski definition) is 1. The Balaban J connectivity index is 2.23. The lowest BCUT2D eigenvalue weighted by Gasteiger charge is -2.47. The van der Waals surface area contributed by atoms with Gasteiger partial charge in [-0.1, -0.05) is 20.8 Å². The molecule has 0 aromatic rings. The smallest absolute Gasteiger partial charge is 0.305 e. The number of carbonyl (C=O) groups is 1. The van der Waals surface area contributed by atoms with E-state index >= 15 is 0 Å². The van der Waals surface area contributed by atoms with E-state index < -0.39 is 5.97 Å². The molecule has 0 amide bonds. The highest BCUT2D eigenvalue weighted by Gasteiger charge is 2.53. The molecule has 2 rings (SSSR count). The molecule has 2 unspecified atom stereocenters. The molecule has 0 aromatic heterocycles. The third kappa shape index (κ3) is 2.95. The van der Waals surface area contributed by atoms with Crippen LogP contribution in [0, 0.1) is 11.3 Å². The maximum absolute atomic E-state index is 11.4.